The number of amides is 1. The van der Waals surface area contributed by atoms with Gasteiger partial charge in [0.05, 0.1) is 6.54 Å². The first-order valence-corrected chi connectivity index (χ1v) is 7.19. The summed E-state index contributed by atoms with van der Waals surface area (Å²) in [5.41, 5.74) is -0.511. The van der Waals surface area contributed by atoms with Gasteiger partial charge in [-0.1, -0.05) is 0 Å². The summed E-state index contributed by atoms with van der Waals surface area (Å²) in [7, 11) is 0. The summed E-state index contributed by atoms with van der Waals surface area (Å²) in [6.45, 7) is 8.42. The standard InChI is InChI=1S/C15H24N2O5/c1-10(17-14(20)22-15(2,3)4)7-8-16-9-11-5-6-12(21-11)13(18)19/h5-6,10,16H,7-9H2,1-4H3,(H,17,20)(H,18,19). The van der Waals surface area contributed by atoms with Crippen molar-refractivity contribution in [3.8, 4) is 0 Å². The SMILES string of the molecule is CC(CCNCc1ccc(C(=O)O)o1)NC(=O)OC(C)(C)C. The second-order valence-electron chi connectivity index (χ2n) is 6.08. The first-order valence-electron chi connectivity index (χ1n) is 7.19. The van der Waals surface area contributed by atoms with Gasteiger partial charge in [-0.05, 0) is 52.8 Å². The molecule has 1 unspecified atom stereocenters. The number of carboxylic acids is 1. The van der Waals surface area contributed by atoms with E-state index in [1.54, 1.807) is 6.07 Å². The molecule has 1 aromatic heterocycles. The summed E-state index contributed by atoms with van der Waals surface area (Å²) in [4.78, 5) is 22.2. The second-order valence-corrected chi connectivity index (χ2v) is 6.08. The summed E-state index contributed by atoms with van der Waals surface area (Å²) in [6, 6.07) is 3.01. The van der Waals surface area contributed by atoms with Gasteiger partial charge < -0.3 is 24.9 Å². The average Bonchev–Trinajstić information content (AvgIpc) is 2.81. The van der Waals surface area contributed by atoms with Gasteiger partial charge >= 0.3 is 12.1 Å². The third-order valence-corrected chi connectivity index (χ3v) is 2.69. The van der Waals surface area contributed by atoms with E-state index in [0.717, 1.165) is 0 Å². The largest absolute Gasteiger partial charge is 0.475 e. The number of alkyl carbamates (subject to hydrolysis) is 1. The van der Waals surface area contributed by atoms with E-state index in [0.29, 0.717) is 25.3 Å². The summed E-state index contributed by atoms with van der Waals surface area (Å²) in [5, 5.41) is 14.6. The third-order valence-electron chi connectivity index (χ3n) is 2.69. The molecule has 0 aliphatic heterocycles. The van der Waals surface area contributed by atoms with Gasteiger partial charge in [0.2, 0.25) is 5.76 Å². The summed E-state index contributed by atoms with van der Waals surface area (Å²) < 4.78 is 10.3. The molecule has 1 aromatic rings. The Hall–Kier alpha value is -2.02. The summed E-state index contributed by atoms with van der Waals surface area (Å²) >= 11 is 0. The van der Waals surface area contributed by atoms with Gasteiger partial charge in [0, 0.05) is 6.04 Å². The lowest BCUT2D eigenvalue weighted by Crippen LogP contribution is -2.38. The first kappa shape index (κ1) is 18.0. The Morgan fingerprint density at radius 1 is 1.36 bits per heavy atom. The molecule has 0 aliphatic carbocycles. The Kier molecular flexibility index (Phi) is 6.42. The van der Waals surface area contributed by atoms with Crippen LogP contribution in [0.15, 0.2) is 16.5 Å². The van der Waals surface area contributed by atoms with Crippen molar-refractivity contribution in [1.82, 2.24) is 10.6 Å². The van der Waals surface area contributed by atoms with Crippen molar-refractivity contribution in [2.45, 2.75) is 52.3 Å². The number of aromatic carboxylic acids is 1. The fourth-order valence-electron chi connectivity index (χ4n) is 1.70. The molecular formula is C15H24N2O5. The van der Waals surface area contributed by atoms with Gasteiger partial charge in [0.25, 0.3) is 0 Å². The van der Waals surface area contributed by atoms with E-state index in [9.17, 15) is 9.59 Å². The number of rotatable bonds is 7. The molecule has 1 rings (SSSR count). The number of carboxylic acid groups (broad SMARTS) is 1. The Morgan fingerprint density at radius 2 is 2.05 bits per heavy atom. The van der Waals surface area contributed by atoms with Crippen LogP contribution in [0.3, 0.4) is 0 Å². The van der Waals surface area contributed by atoms with E-state index in [1.165, 1.54) is 6.07 Å². The molecule has 0 spiro atoms. The minimum absolute atomic E-state index is 0.0338. The van der Waals surface area contributed by atoms with Crippen molar-refractivity contribution in [3.05, 3.63) is 23.7 Å². The van der Waals surface area contributed by atoms with Crippen LogP contribution < -0.4 is 10.6 Å². The predicted molar refractivity (Wildman–Crippen MR) is 80.8 cm³/mol. The molecule has 0 aliphatic rings. The van der Waals surface area contributed by atoms with Crippen LogP contribution in [0.25, 0.3) is 0 Å². The minimum atomic E-state index is -1.08. The molecule has 1 amide bonds. The highest BCUT2D eigenvalue weighted by molar-refractivity contribution is 5.84. The van der Waals surface area contributed by atoms with Gasteiger partial charge in [-0.25, -0.2) is 9.59 Å². The monoisotopic (exact) mass is 312 g/mol. The summed E-state index contributed by atoms with van der Waals surface area (Å²) in [5.74, 6) is -0.594. The lowest BCUT2D eigenvalue weighted by molar-refractivity contribution is 0.0506. The maximum absolute atomic E-state index is 11.6. The number of furan rings is 1. The second kappa shape index (κ2) is 7.84. The van der Waals surface area contributed by atoms with Gasteiger partial charge in [0.15, 0.2) is 0 Å². The lowest BCUT2D eigenvalue weighted by atomic mass is 10.2. The van der Waals surface area contributed by atoms with Crippen molar-refractivity contribution < 1.29 is 23.8 Å². The highest BCUT2D eigenvalue weighted by Crippen LogP contribution is 2.08. The Bertz CT molecular complexity index is 504. The number of hydrogen-bond donors (Lipinski definition) is 3. The maximum atomic E-state index is 11.6. The number of ether oxygens (including phenoxy) is 1. The molecule has 7 nitrogen and oxygen atoms in total. The predicted octanol–water partition coefficient (Wildman–Crippen LogP) is 2.37. The molecule has 22 heavy (non-hydrogen) atoms. The molecule has 0 radical (unpaired) electrons. The van der Waals surface area contributed by atoms with Crippen LogP contribution >= 0.6 is 0 Å². The van der Waals surface area contributed by atoms with Crippen molar-refractivity contribution in [1.29, 1.82) is 0 Å². The zero-order valence-corrected chi connectivity index (χ0v) is 13.4. The smallest absolute Gasteiger partial charge is 0.407 e. The fraction of sp³-hybridized carbons (Fsp3) is 0.600. The quantitative estimate of drug-likeness (QED) is 0.668. The normalized spacial score (nSPS) is 12.7. The zero-order valence-electron chi connectivity index (χ0n) is 13.4. The Labute approximate surface area is 130 Å². The third kappa shape index (κ3) is 7.12. The molecule has 3 N–H and O–H groups in total. The maximum Gasteiger partial charge on any atom is 0.407 e. The zero-order chi connectivity index (χ0) is 16.8. The van der Waals surface area contributed by atoms with Gasteiger partial charge in [0.1, 0.15) is 11.4 Å². The average molecular weight is 312 g/mol. The lowest BCUT2D eigenvalue weighted by Gasteiger charge is -2.22. The molecular weight excluding hydrogens is 288 g/mol. The van der Waals surface area contributed by atoms with Crippen LogP contribution in [0.4, 0.5) is 4.79 Å². The molecule has 7 heteroatoms. The molecule has 124 valence electrons. The van der Waals surface area contributed by atoms with E-state index in [1.807, 2.05) is 27.7 Å². The van der Waals surface area contributed by atoms with Crippen molar-refractivity contribution in [2.75, 3.05) is 6.54 Å². The van der Waals surface area contributed by atoms with E-state index in [2.05, 4.69) is 10.6 Å². The topological polar surface area (TPSA) is 101 Å². The Morgan fingerprint density at radius 3 is 2.59 bits per heavy atom. The van der Waals surface area contributed by atoms with Crippen LogP contribution in [0.1, 0.15) is 50.4 Å². The van der Waals surface area contributed by atoms with Crippen molar-refractivity contribution in [3.63, 3.8) is 0 Å². The molecule has 1 heterocycles. The van der Waals surface area contributed by atoms with Crippen LogP contribution in [-0.2, 0) is 11.3 Å². The minimum Gasteiger partial charge on any atom is -0.475 e. The molecule has 0 saturated carbocycles. The Balaban J connectivity index is 2.20. The van der Waals surface area contributed by atoms with Gasteiger partial charge in [-0.2, -0.15) is 0 Å². The van der Waals surface area contributed by atoms with Crippen LogP contribution in [0, 0.1) is 0 Å². The van der Waals surface area contributed by atoms with Crippen molar-refractivity contribution in [2.24, 2.45) is 0 Å². The van der Waals surface area contributed by atoms with E-state index in [-0.39, 0.29) is 11.8 Å². The van der Waals surface area contributed by atoms with E-state index < -0.39 is 17.7 Å². The van der Waals surface area contributed by atoms with E-state index in [4.69, 9.17) is 14.3 Å². The number of carbonyl (C=O) groups excluding carboxylic acids is 1. The van der Waals surface area contributed by atoms with Crippen LogP contribution in [-0.4, -0.2) is 35.4 Å². The molecule has 1 atom stereocenters. The first-order chi connectivity index (χ1) is 10.2. The molecule has 0 saturated heterocycles. The summed E-state index contributed by atoms with van der Waals surface area (Å²) in [6.07, 6.45) is 0.281. The van der Waals surface area contributed by atoms with Crippen LogP contribution in [0.5, 0.6) is 0 Å². The number of hydrogen-bond acceptors (Lipinski definition) is 5. The van der Waals surface area contributed by atoms with Gasteiger partial charge in [-0.15, -0.1) is 0 Å². The molecule has 0 fully saturated rings. The highest BCUT2D eigenvalue weighted by Gasteiger charge is 2.17. The van der Waals surface area contributed by atoms with Crippen LogP contribution in [0.2, 0.25) is 0 Å². The molecule has 0 aromatic carbocycles. The van der Waals surface area contributed by atoms with Gasteiger partial charge in [-0.3, -0.25) is 0 Å². The number of carbonyl (C=O) groups is 2. The highest BCUT2D eigenvalue weighted by atomic mass is 16.6. The number of nitrogens with one attached hydrogen (secondary N) is 2. The molecule has 0 bridgehead atoms. The fourth-order valence-corrected chi connectivity index (χ4v) is 1.70. The van der Waals surface area contributed by atoms with Crippen molar-refractivity contribution >= 4 is 12.1 Å². The van der Waals surface area contributed by atoms with E-state index >= 15 is 0 Å².